The molecule has 0 radical (unpaired) electrons. The molecular weight excluding hydrogens is 320 g/mol. The van der Waals surface area contributed by atoms with Crippen LogP contribution in [0.4, 0.5) is 0 Å². The first kappa shape index (κ1) is 18.6. The van der Waals surface area contributed by atoms with E-state index in [1.165, 1.54) is 6.92 Å². The van der Waals surface area contributed by atoms with Gasteiger partial charge in [-0.2, -0.15) is 4.98 Å². The zero-order chi connectivity index (χ0) is 18.6. The van der Waals surface area contributed by atoms with E-state index in [0.717, 1.165) is 0 Å². The predicted octanol–water partition coefficient (Wildman–Crippen LogP) is 2.57. The fourth-order valence-electron chi connectivity index (χ4n) is 2.44. The van der Waals surface area contributed by atoms with E-state index in [1.54, 1.807) is 38.1 Å². The van der Waals surface area contributed by atoms with Gasteiger partial charge >= 0.3 is 0 Å². The lowest BCUT2D eigenvalue weighted by atomic mass is 10.0. The topological polar surface area (TPSA) is 97.1 Å². The number of aromatic nitrogens is 2. The molecule has 2 rings (SSSR count). The van der Waals surface area contributed by atoms with Gasteiger partial charge in [0.2, 0.25) is 11.8 Å². The highest BCUT2D eigenvalue weighted by Gasteiger charge is 2.31. The molecule has 7 heteroatoms. The molecule has 0 fully saturated rings. The van der Waals surface area contributed by atoms with Gasteiger partial charge in [-0.25, -0.2) is 0 Å². The molecule has 0 aliphatic heterocycles. The standard InChI is InChI=1S/C18H24N4O3/c1-11(2)14(19-15(24)13-9-7-6-8-10-13)16-20-17(22-25-16)18(4,5)21-12(3)23/h6-11,14H,1-5H3,(H,19,24)(H,21,23). The van der Waals surface area contributed by atoms with E-state index in [-0.39, 0.29) is 17.7 Å². The van der Waals surface area contributed by atoms with Crippen molar-refractivity contribution in [1.82, 2.24) is 20.8 Å². The summed E-state index contributed by atoms with van der Waals surface area (Å²) in [5.41, 5.74) is -0.204. The zero-order valence-corrected chi connectivity index (χ0v) is 15.2. The molecule has 0 aliphatic carbocycles. The molecule has 134 valence electrons. The van der Waals surface area contributed by atoms with Gasteiger partial charge in [0, 0.05) is 12.5 Å². The number of benzene rings is 1. The van der Waals surface area contributed by atoms with Gasteiger partial charge in [0.05, 0.1) is 5.54 Å². The molecule has 1 aromatic carbocycles. The largest absolute Gasteiger partial charge is 0.344 e. The summed E-state index contributed by atoms with van der Waals surface area (Å²) in [5.74, 6) is 0.323. The lowest BCUT2D eigenvalue weighted by molar-refractivity contribution is -0.120. The Morgan fingerprint density at radius 1 is 1.16 bits per heavy atom. The summed E-state index contributed by atoms with van der Waals surface area (Å²) in [6, 6.07) is 8.52. The first-order chi connectivity index (χ1) is 11.7. The van der Waals surface area contributed by atoms with Gasteiger partial charge in [0.25, 0.3) is 5.91 Å². The lowest BCUT2D eigenvalue weighted by Crippen LogP contribution is -2.40. The number of nitrogens with one attached hydrogen (secondary N) is 2. The first-order valence-electron chi connectivity index (χ1n) is 8.19. The number of hydrogen-bond acceptors (Lipinski definition) is 5. The van der Waals surface area contributed by atoms with Crippen molar-refractivity contribution >= 4 is 11.8 Å². The monoisotopic (exact) mass is 344 g/mol. The molecule has 7 nitrogen and oxygen atoms in total. The maximum atomic E-state index is 12.4. The Bertz CT molecular complexity index is 738. The highest BCUT2D eigenvalue weighted by Crippen LogP contribution is 2.24. The highest BCUT2D eigenvalue weighted by atomic mass is 16.5. The second-order valence-corrected chi connectivity index (χ2v) is 6.82. The second kappa shape index (κ2) is 7.46. The first-order valence-corrected chi connectivity index (χ1v) is 8.19. The molecule has 0 saturated carbocycles. The lowest BCUT2D eigenvalue weighted by Gasteiger charge is -2.21. The molecule has 1 heterocycles. The third-order valence-corrected chi connectivity index (χ3v) is 3.74. The minimum Gasteiger partial charge on any atom is -0.344 e. The minimum atomic E-state index is -0.765. The third kappa shape index (κ3) is 4.65. The molecule has 0 aliphatic rings. The predicted molar refractivity (Wildman–Crippen MR) is 92.6 cm³/mol. The smallest absolute Gasteiger partial charge is 0.251 e. The van der Waals surface area contributed by atoms with Crippen LogP contribution in [-0.4, -0.2) is 22.0 Å². The van der Waals surface area contributed by atoms with Gasteiger partial charge in [-0.1, -0.05) is 37.2 Å². The molecule has 0 bridgehead atoms. The van der Waals surface area contributed by atoms with Gasteiger partial charge in [0.1, 0.15) is 6.04 Å². The summed E-state index contributed by atoms with van der Waals surface area (Å²) >= 11 is 0. The van der Waals surface area contributed by atoms with Crippen LogP contribution in [0.1, 0.15) is 62.7 Å². The third-order valence-electron chi connectivity index (χ3n) is 3.74. The van der Waals surface area contributed by atoms with Crippen molar-refractivity contribution in [1.29, 1.82) is 0 Å². The summed E-state index contributed by atoms with van der Waals surface area (Å²) in [5, 5.41) is 9.68. The summed E-state index contributed by atoms with van der Waals surface area (Å²) in [4.78, 5) is 28.1. The Balaban J connectivity index is 2.21. The van der Waals surface area contributed by atoms with Crippen LogP contribution in [0.25, 0.3) is 0 Å². The molecule has 2 N–H and O–H groups in total. The van der Waals surface area contributed by atoms with Crippen LogP contribution in [0.15, 0.2) is 34.9 Å². The number of carbonyl (C=O) groups is 2. The van der Waals surface area contributed by atoms with E-state index in [9.17, 15) is 9.59 Å². The van der Waals surface area contributed by atoms with Crippen molar-refractivity contribution in [2.75, 3.05) is 0 Å². The average molecular weight is 344 g/mol. The second-order valence-electron chi connectivity index (χ2n) is 6.82. The maximum absolute atomic E-state index is 12.4. The molecule has 2 aromatic rings. The van der Waals surface area contributed by atoms with E-state index in [0.29, 0.717) is 17.3 Å². The van der Waals surface area contributed by atoms with Gasteiger partial charge in [0.15, 0.2) is 5.82 Å². The molecule has 25 heavy (non-hydrogen) atoms. The highest BCUT2D eigenvalue weighted by molar-refractivity contribution is 5.94. The molecule has 2 amide bonds. The zero-order valence-electron chi connectivity index (χ0n) is 15.2. The minimum absolute atomic E-state index is 0.0461. The number of hydrogen-bond donors (Lipinski definition) is 2. The van der Waals surface area contributed by atoms with Crippen LogP contribution < -0.4 is 10.6 Å². The van der Waals surface area contributed by atoms with Crippen LogP contribution in [0.5, 0.6) is 0 Å². The number of nitrogens with zero attached hydrogens (tertiary/aromatic N) is 2. The Labute approximate surface area is 147 Å². The van der Waals surface area contributed by atoms with Crippen molar-refractivity contribution in [3.05, 3.63) is 47.6 Å². The van der Waals surface area contributed by atoms with Gasteiger partial charge < -0.3 is 15.2 Å². The van der Waals surface area contributed by atoms with E-state index in [4.69, 9.17) is 4.52 Å². The Morgan fingerprint density at radius 3 is 2.36 bits per heavy atom. The van der Waals surface area contributed by atoms with Crippen molar-refractivity contribution in [3.8, 4) is 0 Å². The van der Waals surface area contributed by atoms with E-state index < -0.39 is 11.6 Å². The average Bonchev–Trinajstić information content (AvgIpc) is 3.02. The van der Waals surface area contributed by atoms with Gasteiger partial charge in [-0.3, -0.25) is 9.59 Å². The van der Waals surface area contributed by atoms with Crippen molar-refractivity contribution in [3.63, 3.8) is 0 Å². The number of amides is 2. The van der Waals surface area contributed by atoms with Crippen LogP contribution >= 0.6 is 0 Å². The van der Waals surface area contributed by atoms with Crippen LogP contribution in [0.3, 0.4) is 0 Å². The molecule has 0 saturated heterocycles. The Hall–Kier alpha value is -2.70. The number of carbonyl (C=O) groups excluding carboxylic acids is 2. The van der Waals surface area contributed by atoms with E-state index >= 15 is 0 Å². The fraction of sp³-hybridized carbons (Fsp3) is 0.444. The summed E-state index contributed by atoms with van der Waals surface area (Å²) < 4.78 is 5.37. The summed E-state index contributed by atoms with van der Waals surface area (Å²) in [7, 11) is 0. The maximum Gasteiger partial charge on any atom is 0.251 e. The summed E-state index contributed by atoms with van der Waals surface area (Å²) in [6.45, 7) is 8.92. The van der Waals surface area contributed by atoms with Crippen molar-refractivity contribution in [2.24, 2.45) is 5.92 Å². The SMILES string of the molecule is CC(=O)NC(C)(C)c1noc(C(NC(=O)c2ccccc2)C(C)C)n1. The Morgan fingerprint density at radius 2 is 1.80 bits per heavy atom. The van der Waals surface area contributed by atoms with E-state index in [2.05, 4.69) is 20.8 Å². The Kier molecular flexibility index (Phi) is 5.56. The molecule has 1 unspecified atom stereocenters. The molecular formula is C18H24N4O3. The van der Waals surface area contributed by atoms with Crippen LogP contribution in [0.2, 0.25) is 0 Å². The van der Waals surface area contributed by atoms with E-state index in [1.807, 2.05) is 19.9 Å². The van der Waals surface area contributed by atoms with Crippen LogP contribution in [-0.2, 0) is 10.3 Å². The van der Waals surface area contributed by atoms with Crippen molar-refractivity contribution < 1.29 is 14.1 Å². The molecule has 1 aromatic heterocycles. The van der Waals surface area contributed by atoms with Gasteiger partial charge in [-0.05, 0) is 31.9 Å². The van der Waals surface area contributed by atoms with Gasteiger partial charge in [-0.15, -0.1) is 0 Å². The molecule has 0 spiro atoms. The van der Waals surface area contributed by atoms with Crippen molar-refractivity contribution in [2.45, 2.75) is 46.2 Å². The summed E-state index contributed by atoms with van der Waals surface area (Å²) in [6.07, 6.45) is 0. The normalized spacial score (nSPS) is 12.7. The number of rotatable bonds is 6. The molecule has 1 atom stereocenters. The van der Waals surface area contributed by atoms with Crippen LogP contribution in [0, 0.1) is 5.92 Å². The fourth-order valence-corrected chi connectivity index (χ4v) is 2.44. The quantitative estimate of drug-likeness (QED) is 0.839.